The lowest BCUT2D eigenvalue weighted by molar-refractivity contribution is 0.0949. The van der Waals surface area contributed by atoms with Crippen molar-refractivity contribution >= 4 is 17.7 Å². The highest BCUT2D eigenvalue weighted by molar-refractivity contribution is 7.99. The molecular weight excluding hydrogens is 368 g/mol. The first kappa shape index (κ1) is 21.6. The van der Waals surface area contributed by atoms with Gasteiger partial charge in [-0.15, -0.1) is 11.8 Å². The van der Waals surface area contributed by atoms with Gasteiger partial charge in [0.25, 0.3) is 5.91 Å². The van der Waals surface area contributed by atoms with Crippen molar-refractivity contribution in [3.8, 4) is 0 Å². The van der Waals surface area contributed by atoms with Gasteiger partial charge in [-0.05, 0) is 76.3 Å². The number of pyridine rings is 1. The van der Waals surface area contributed by atoms with Gasteiger partial charge in [-0.3, -0.25) is 4.79 Å². The topological polar surface area (TPSA) is 48.5 Å². The van der Waals surface area contributed by atoms with E-state index < -0.39 is 0 Å². The predicted octanol–water partition coefficient (Wildman–Crippen LogP) is 3.51. The lowest BCUT2D eigenvalue weighted by Crippen LogP contribution is -2.36. The number of piperidine rings is 2. The van der Waals surface area contributed by atoms with Crippen LogP contribution in [0.3, 0.4) is 0 Å². The molecule has 2 saturated heterocycles. The molecule has 0 radical (unpaired) electrons. The first-order valence-corrected chi connectivity index (χ1v) is 12.0. The van der Waals surface area contributed by atoms with Crippen molar-refractivity contribution in [3.05, 3.63) is 23.9 Å². The average Bonchev–Trinajstić information content (AvgIpc) is 2.72. The Morgan fingerprint density at radius 1 is 1.14 bits per heavy atom. The van der Waals surface area contributed by atoms with E-state index in [9.17, 15) is 4.79 Å². The number of carbonyl (C=O) groups is 1. The molecule has 2 aliphatic rings. The predicted molar refractivity (Wildman–Crippen MR) is 117 cm³/mol. The van der Waals surface area contributed by atoms with Crippen molar-refractivity contribution in [2.75, 3.05) is 51.6 Å². The normalized spacial score (nSPS) is 21.5. The van der Waals surface area contributed by atoms with Crippen LogP contribution >= 0.6 is 11.8 Å². The zero-order chi connectivity index (χ0) is 19.6. The van der Waals surface area contributed by atoms with Crippen LogP contribution in [0, 0.1) is 5.92 Å². The zero-order valence-electron chi connectivity index (χ0n) is 17.4. The van der Waals surface area contributed by atoms with E-state index in [1.807, 2.05) is 12.1 Å². The maximum absolute atomic E-state index is 12.3. The van der Waals surface area contributed by atoms with Crippen LogP contribution in [-0.4, -0.2) is 72.3 Å². The van der Waals surface area contributed by atoms with E-state index in [2.05, 4.69) is 27.0 Å². The first-order valence-electron chi connectivity index (χ1n) is 11.0. The van der Waals surface area contributed by atoms with E-state index in [0.29, 0.717) is 5.56 Å². The number of rotatable bonds is 9. The van der Waals surface area contributed by atoms with Crippen LogP contribution in [0.4, 0.5) is 0 Å². The summed E-state index contributed by atoms with van der Waals surface area (Å²) in [5.74, 6) is 1.86. The minimum Gasteiger partial charge on any atom is -0.352 e. The highest BCUT2D eigenvalue weighted by Gasteiger charge is 2.15. The second-order valence-corrected chi connectivity index (χ2v) is 9.41. The molecule has 1 aromatic heterocycles. The molecule has 0 bridgehead atoms. The van der Waals surface area contributed by atoms with E-state index in [1.54, 1.807) is 18.0 Å². The van der Waals surface area contributed by atoms with Gasteiger partial charge in [0.1, 0.15) is 0 Å². The number of carbonyl (C=O) groups excluding carboxylic acids is 1. The lowest BCUT2D eigenvalue weighted by atomic mass is 10.0. The molecule has 1 atom stereocenters. The number of aromatic nitrogens is 1. The third-order valence-corrected chi connectivity index (χ3v) is 6.71. The Morgan fingerprint density at radius 2 is 1.96 bits per heavy atom. The Balaban J connectivity index is 1.30. The largest absolute Gasteiger partial charge is 0.352 e. The molecule has 2 fully saturated rings. The Labute approximate surface area is 174 Å². The van der Waals surface area contributed by atoms with Crippen molar-refractivity contribution in [2.45, 2.75) is 50.5 Å². The van der Waals surface area contributed by atoms with Gasteiger partial charge in [0.05, 0.1) is 10.6 Å². The van der Waals surface area contributed by atoms with Gasteiger partial charge in [0.2, 0.25) is 0 Å². The molecule has 0 aliphatic carbocycles. The number of hydrogen-bond acceptors (Lipinski definition) is 5. The highest BCUT2D eigenvalue weighted by Crippen LogP contribution is 2.17. The van der Waals surface area contributed by atoms with Crippen LogP contribution in [0.15, 0.2) is 23.4 Å². The second kappa shape index (κ2) is 11.8. The number of nitrogens with zero attached hydrogens (tertiary/aromatic N) is 3. The minimum absolute atomic E-state index is 0.00983. The van der Waals surface area contributed by atoms with Crippen molar-refractivity contribution in [2.24, 2.45) is 5.92 Å². The summed E-state index contributed by atoms with van der Waals surface area (Å²) < 4.78 is 0. The summed E-state index contributed by atoms with van der Waals surface area (Å²) in [5, 5.41) is 4.04. The van der Waals surface area contributed by atoms with E-state index in [0.717, 1.165) is 42.8 Å². The molecule has 5 nitrogen and oxygen atoms in total. The van der Waals surface area contributed by atoms with Crippen LogP contribution in [0.2, 0.25) is 0 Å². The van der Waals surface area contributed by atoms with Gasteiger partial charge in [-0.25, -0.2) is 4.98 Å². The van der Waals surface area contributed by atoms with Crippen LogP contribution in [-0.2, 0) is 0 Å². The van der Waals surface area contributed by atoms with E-state index >= 15 is 0 Å². The number of likely N-dealkylation sites (tertiary alicyclic amines) is 2. The van der Waals surface area contributed by atoms with E-state index in [-0.39, 0.29) is 5.91 Å². The Kier molecular flexibility index (Phi) is 9.09. The molecule has 0 spiro atoms. The molecule has 28 heavy (non-hydrogen) atoms. The summed E-state index contributed by atoms with van der Waals surface area (Å²) >= 11 is 1.78. The number of nitrogens with one attached hydrogen (secondary N) is 1. The van der Waals surface area contributed by atoms with Crippen molar-refractivity contribution in [1.29, 1.82) is 0 Å². The molecule has 0 saturated carbocycles. The fraction of sp³-hybridized carbons (Fsp3) is 0.727. The summed E-state index contributed by atoms with van der Waals surface area (Å²) in [6.45, 7) is 10.2. The van der Waals surface area contributed by atoms with Gasteiger partial charge >= 0.3 is 0 Å². The van der Waals surface area contributed by atoms with Crippen molar-refractivity contribution in [1.82, 2.24) is 20.1 Å². The number of amides is 1. The number of hydrogen-bond donors (Lipinski definition) is 1. The molecule has 1 aromatic rings. The Morgan fingerprint density at radius 3 is 2.71 bits per heavy atom. The zero-order valence-corrected chi connectivity index (χ0v) is 18.2. The molecule has 1 N–H and O–H groups in total. The van der Waals surface area contributed by atoms with Gasteiger partial charge in [-0.1, -0.05) is 13.3 Å². The van der Waals surface area contributed by atoms with Gasteiger partial charge < -0.3 is 15.1 Å². The molecule has 3 rings (SSSR count). The highest BCUT2D eigenvalue weighted by atomic mass is 32.2. The maximum atomic E-state index is 12.3. The van der Waals surface area contributed by atoms with Crippen LogP contribution in [0.1, 0.15) is 55.8 Å². The average molecular weight is 405 g/mol. The minimum atomic E-state index is -0.00983. The Bertz CT molecular complexity index is 589. The molecule has 1 amide bonds. The summed E-state index contributed by atoms with van der Waals surface area (Å²) in [6.07, 6.45) is 9.44. The van der Waals surface area contributed by atoms with Crippen molar-refractivity contribution < 1.29 is 4.79 Å². The molecule has 0 unspecified atom stereocenters. The molecule has 0 aromatic carbocycles. The third-order valence-electron chi connectivity index (χ3n) is 5.78. The van der Waals surface area contributed by atoms with Crippen LogP contribution in [0.25, 0.3) is 0 Å². The monoisotopic (exact) mass is 404 g/mol. The van der Waals surface area contributed by atoms with Crippen molar-refractivity contribution in [3.63, 3.8) is 0 Å². The third kappa shape index (κ3) is 7.37. The molecular formula is C22H36N4OS. The first-order chi connectivity index (χ1) is 13.7. The van der Waals surface area contributed by atoms with Gasteiger partial charge in [-0.2, -0.15) is 0 Å². The number of thioether (sulfide) groups is 1. The summed E-state index contributed by atoms with van der Waals surface area (Å²) in [6, 6.07) is 3.88. The standard InChI is InChI=1S/C22H36N4OS/c1-19-7-5-13-26(18-19)14-6-10-23-22(27)20-8-9-21(24-17-20)28-16-15-25-11-3-2-4-12-25/h8-9,17,19H,2-7,10-16,18H2,1H3,(H,23,27)/t19-/m1/s1. The van der Waals surface area contributed by atoms with Gasteiger partial charge in [0, 0.05) is 31.6 Å². The molecule has 6 heteroatoms. The summed E-state index contributed by atoms with van der Waals surface area (Å²) in [7, 11) is 0. The smallest absolute Gasteiger partial charge is 0.252 e. The van der Waals surface area contributed by atoms with Gasteiger partial charge in [0.15, 0.2) is 0 Å². The maximum Gasteiger partial charge on any atom is 0.252 e. The fourth-order valence-corrected chi connectivity index (χ4v) is 5.01. The molecule has 3 heterocycles. The van der Waals surface area contributed by atoms with Crippen LogP contribution in [0.5, 0.6) is 0 Å². The van der Waals surface area contributed by atoms with Crippen LogP contribution < -0.4 is 5.32 Å². The SMILES string of the molecule is C[C@@H]1CCCN(CCCNC(=O)c2ccc(SCCN3CCCCC3)nc2)C1. The quantitative estimate of drug-likeness (QED) is 0.504. The van der Waals surface area contributed by atoms with E-state index in [1.165, 1.54) is 58.3 Å². The van der Waals surface area contributed by atoms with E-state index in [4.69, 9.17) is 0 Å². The lowest BCUT2D eigenvalue weighted by Gasteiger charge is -2.30. The fourth-order valence-electron chi connectivity index (χ4n) is 4.16. The molecule has 156 valence electrons. The summed E-state index contributed by atoms with van der Waals surface area (Å²) in [5.41, 5.74) is 0.659. The Hall–Kier alpha value is -1.11. The second-order valence-electron chi connectivity index (χ2n) is 8.29. The summed E-state index contributed by atoms with van der Waals surface area (Å²) in [4.78, 5) is 21.8. The molecule has 2 aliphatic heterocycles.